The third kappa shape index (κ3) is 2.92. The summed E-state index contributed by atoms with van der Waals surface area (Å²) in [6, 6.07) is 22.3. The number of pyridine rings is 1. The van der Waals surface area contributed by atoms with Crippen molar-refractivity contribution in [1.29, 1.82) is 0 Å². The fourth-order valence-electron chi connectivity index (χ4n) is 2.65. The maximum absolute atomic E-state index is 11.3. The van der Waals surface area contributed by atoms with Gasteiger partial charge >= 0.3 is 0 Å². The Kier molecular flexibility index (Phi) is 3.63. The van der Waals surface area contributed by atoms with Gasteiger partial charge in [0.05, 0.1) is 5.69 Å². The van der Waals surface area contributed by atoms with Crippen LogP contribution in [0, 0.1) is 0 Å². The molecule has 6 heteroatoms. The van der Waals surface area contributed by atoms with Crippen molar-refractivity contribution in [2.45, 2.75) is 0 Å². The molecule has 0 bridgehead atoms. The Labute approximate surface area is 143 Å². The number of anilines is 2. The lowest BCUT2D eigenvalue weighted by Gasteiger charge is -2.05. The van der Waals surface area contributed by atoms with Crippen LogP contribution in [0.25, 0.3) is 16.9 Å². The van der Waals surface area contributed by atoms with E-state index in [1.54, 1.807) is 22.7 Å². The highest BCUT2D eigenvalue weighted by atomic mass is 16.1. The van der Waals surface area contributed by atoms with Crippen LogP contribution in [0.2, 0.25) is 0 Å². The molecule has 0 aliphatic heterocycles. The Morgan fingerprint density at radius 3 is 2.56 bits per heavy atom. The Bertz CT molecular complexity index is 1060. The first-order valence-corrected chi connectivity index (χ1v) is 7.75. The van der Waals surface area contributed by atoms with Gasteiger partial charge in [0.15, 0.2) is 5.65 Å². The van der Waals surface area contributed by atoms with Gasteiger partial charge in [-0.3, -0.25) is 10.5 Å². The maximum atomic E-state index is 11.3. The van der Waals surface area contributed by atoms with E-state index < -0.39 is 5.91 Å². The number of carbonyl (C=O) groups is 1. The van der Waals surface area contributed by atoms with Gasteiger partial charge in [-0.05, 0) is 36.4 Å². The molecular formula is C19H14N5O. The molecule has 1 amide bonds. The molecule has 0 saturated carbocycles. The average molecular weight is 328 g/mol. The summed E-state index contributed by atoms with van der Waals surface area (Å²) in [4.78, 5) is 15.8. The van der Waals surface area contributed by atoms with Crippen LogP contribution in [-0.4, -0.2) is 20.5 Å². The van der Waals surface area contributed by atoms with E-state index in [1.807, 2.05) is 54.6 Å². The van der Waals surface area contributed by atoms with Crippen LogP contribution in [0.15, 0.2) is 72.8 Å². The summed E-state index contributed by atoms with van der Waals surface area (Å²) < 4.78 is 1.72. The number of aromatic nitrogens is 3. The molecule has 0 saturated heterocycles. The summed E-state index contributed by atoms with van der Waals surface area (Å²) in [6.07, 6.45) is 0. The molecule has 0 atom stereocenters. The molecule has 2 aromatic heterocycles. The summed E-state index contributed by atoms with van der Waals surface area (Å²) in [6.45, 7) is 0. The van der Waals surface area contributed by atoms with E-state index in [9.17, 15) is 4.79 Å². The largest absolute Gasteiger partial charge is 0.323 e. The van der Waals surface area contributed by atoms with Crippen molar-refractivity contribution < 1.29 is 4.79 Å². The van der Waals surface area contributed by atoms with Gasteiger partial charge in [0, 0.05) is 16.8 Å². The molecule has 0 aliphatic rings. The molecule has 1 radical (unpaired) electrons. The minimum atomic E-state index is -0.709. The number of hydrogen-bond acceptors (Lipinski definition) is 4. The fourth-order valence-corrected chi connectivity index (χ4v) is 2.65. The van der Waals surface area contributed by atoms with Gasteiger partial charge in [0.2, 0.25) is 5.95 Å². The van der Waals surface area contributed by atoms with Gasteiger partial charge in [-0.15, -0.1) is 5.10 Å². The Hall–Kier alpha value is -3.67. The number of rotatable bonds is 4. The quantitative estimate of drug-likeness (QED) is 0.621. The minimum absolute atomic E-state index is 0.345. The molecule has 121 valence electrons. The van der Waals surface area contributed by atoms with E-state index in [2.05, 4.69) is 15.4 Å². The highest BCUT2D eigenvalue weighted by Gasteiger charge is 2.10. The zero-order valence-corrected chi connectivity index (χ0v) is 13.2. The monoisotopic (exact) mass is 328 g/mol. The highest BCUT2D eigenvalue weighted by Crippen LogP contribution is 2.23. The van der Waals surface area contributed by atoms with Crippen LogP contribution in [0.4, 0.5) is 11.6 Å². The van der Waals surface area contributed by atoms with E-state index in [0.29, 0.717) is 17.2 Å². The second-order valence-corrected chi connectivity index (χ2v) is 5.52. The molecule has 0 unspecified atom stereocenters. The number of para-hydroxylation sites is 1. The van der Waals surface area contributed by atoms with Crippen molar-refractivity contribution in [1.82, 2.24) is 20.3 Å². The number of benzene rings is 2. The zero-order chi connectivity index (χ0) is 17.2. The van der Waals surface area contributed by atoms with Crippen molar-refractivity contribution in [3.05, 3.63) is 78.4 Å². The molecule has 25 heavy (non-hydrogen) atoms. The lowest BCUT2D eigenvalue weighted by atomic mass is 10.1. The fraction of sp³-hybridized carbons (Fsp3) is 0. The third-order valence-corrected chi connectivity index (χ3v) is 3.81. The Balaban J connectivity index is 1.78. The number of fused-ring (bicyclic) bond motifs is 1. The maximum Gasteiger partial charge on any atom is 0.269 e. The standard InChI is InChI=1S/C19H14N5O/c20-18(25)14-7-4-6-13(12-14)16-10-5-11-17-22-19(23-24(16)17)21-15-8-2-1-3-9-15/h1-12,20H,(H,21,23). The molecule has 0 fully saturated rings. The number of nitrogens with one attached hydrogen (secondary N) is 2. The predicted octanol–water partition coefficient (Wildman–Crippen LogP) is 3.56. The minimum Gasteiger partial charge on any atom is -0.323 e. The smallest absolute Gasteiger partial charge is 0.269 e. The number of amides is 1. The van der Waals surface area contributed by atoms with Gasteiger partial charge in [-0.2, -0.15) is 4.98 Å². The van der Waals surface area contributed by atoms with E-state index >= 15 is 0 Å². The van der Waals surface area contributed by atoms with Crippen molar-refractivity contribution in [3.63, 3.8) is 0 Å². The first-order valence-electron chi connectivity index (χ1n) is 7.75. The lowest BCUT2D eigenvalue weighted by molar-refractivity contribution is 0.0992. The van der Waals surface area contributed by atoms with Crippen molar-refractivity contribution in [2.75, 3.05) is 5.32 Å². The number of carbonyl (C=O) groups excluding carboxylic acids is 1. The second kappa shape index (κ2) is 6.09. The molecule has 4 aromatic rings. The summed E-state index contributed by atoms with van der Waals surface area (Å²) >= 11 is 0. The molecule has 6 nitrogen and oxygen atoms in total. The van der Waals surface area contributed by atoms with Crippen LogP contribution in [0.1, 0.15) is 10.4 Å². The van der Waals surface area contributed by atoms with E-state index in [4.69, 9.17) is 5.73 Å². The van der Waals surface area contributed by atoms with Crippen molar-refractivity contribution >= 4 is 23.2 Å². The molecule has 2 aromatic carbocycles. The topological polar surface area (TPSA) is 83.1 Å². The highest BCUT2D eigenvalue weighted by molar-refractivity contribution is 5.93. The zero-order valence-electron chi connectivity index (χ0n) is 13.2. The van der Waals surface area contributed by atoms with Crippen LogP contribution >= 0.6 is 0 Å². The van der Waals surface area contributed by atoms with Gasteiger partial charge in [0.25, 0.3) is 5.91 Å². The molecule has 0 aliphatic carbocycles. The number of hydrogen-bond donors (Lipinski definition) is 1. The first kappa shape index (κ1) is 14.9. The van der Waals surface area contributed by atoms with Crippen molar-refractivity contribution in [2.24, 2.45) is 0 Å². The van der Waals surface area contributed by atoms with E-state index in [1.165, 1.54) is 0 Å². The Morgan fingerprint density at radius 1 is 0.960 bits per heavy atom. The summed E-state index contributed by atoms with van der Waals surface area (Å²) in [7, 11) is 0. The SMILES string of the molecule is [NH]C(=O)c1cccc(-c2cccc3nc(Nc4ccccc4)nn23)c1. The molecule has 2 heterocycles. The Morgan fingerprint density at radius 2 is 1.76 bits per heavy atom. The van der Waals surface area contributed by atoms with Crippen LogP contribution in [0.5, 0.6) is 0 Å². The van der Waals surface area contributed by atoms with Gasteiger partial charge < -0.3 is 5.32 Å². The summed E-state index contributed by atoms with van der Waals surface area (Å²) in [5.41, 5.74) is 10.8. The van der Waals surface area contributed by atoms with Gasteiger partial charge in [-0.1, -0.05) is 36.4 Å². The molecular weight excluding hydrogens is 314 g/mol. The number of nitrogens with zero attached hydrogens (tertiary/aromatic N) is 3. The predicted molar refractivity (Wildman–Crippen MR) is 95.6 cm³/mol. The van der Waals surface area contributed by atoms with E-state index in [-0.39, 0.29) is 0 Å². The van der Waals surface area contributed by atoms with Gasteiger partial charge in [0.1, 0.15) is 0 Å². The second-order valence-electron chi connectivity index (χ2n) is 5.52. The van der Waals surface area contributed by atoms with Crippen LogP contribution in [-0.2, 0) is 0 Å². The van der Waals surface area contributed by atoms with E-state index in [0.717, 1.165) is 16.9 Å². The van der Waals surface area contributed by atoms with Crippen LogP contribution < -0.4 is 11.1 Å². The lowest BCUT2D eigenvalue weighted by Crippen LogP contribution is -2.00. The molecule has 2 N–H and O–H groups in total. The molecule has 0 spiro atoms. The summed E-state index contributed by atoms with van der Waals surface area (Å²) in [5.74, 6) is -0.217. The van der Waals surface area contributed by atoms with Gasteiger partial charge in [-0.25, -0.2) is 4.52 Å². The van der Waals surface area contributed by atoms with Crippen molar-refractivity contribution in [3.8, 4) is 11.3 Å². The average Bonchev–Trinajstić information content (AvgIpc) is 3.05. The normalized spacial score (nSPS) is 10.7. The summed E-state index contributed by atoms with van der Waals surface area (Å²) in [5, 5.41) is 7.70. The molecule has 4 rings (SSSR count). The third-order valence-electron chi connectivity index (χ3n) is 3.81. The first-order chi connectivity index (χ1) is 12.2. The van der Waals surface area contributed by atoms with Crippen LogP contribution in [0.3, 0.4) is 0 Å².